The van der Waals surface area contributed by atoms with Gasteiger partial charge in [-0.2, -0.15) is 0 Å². The molecule has 1 saturated carbocycles. The molecule has 3 rings (SSSR count). The number of carboxylic acids is 1. The predicted octanol–water partition coefficient (Wildman–Crippen LogP) is 1.02. The molecular formula is C13H19NO3. The normalized spacial score (nSPS) is 40.2. The molecule has 0 unspecified atom stereocenters. The second-order valence-corrected chi connectivity index (χ2v) is 5.81. The third kappa shape index (κ3) is 1.62. The van der Waals surface area contributed by atoms with Crippen molar-refractivity contribution in [2.24, 2.45) is 28.9 Å². The molecule has 0 bridgehead atoms. The number of allylic oxidation sites excluding steroid dienone is 1. The summed E-state index contributed by atoms with van der Waals surface area (Å²) in [4.78, 5) is 10.9. The molecule has 3 N–H and O–H groups in total. The van der Waals surface area contributed by atoms with Crippen molar-refractivity contribution >= 4 is 5.97 Å². The van der Waals surface area contributed by atoms with E-state index in [1.54, 1.807) is 0 Å². The molecule has 4 nitrogen and oxygen atoms in total. The van der Waals surface area contributed by atoms with E-state index in [-0.39, 0.29) is 11.8 Å². The Hall–Kier alpha value is -0.870. The van der Waals surface area contributed by atoms with Crippen LogP contribution in [0.1, 0.15) is 19.3 Å². The lowest BCUT2D eigenvalue weighted by Crippen LogP contribution is -2.51. The van der Waals surface area contributed by atoms with Gasteiger partial charge in [0.05, 0.1) is 19.6 Å². The fraction of sp³-hybridized carbons (Fsp3) is 0.769. The van der Waals surface area contributed by atoms with Crippen molar-refractivity contribution in [3.63, 3.8) is 0 Å². The van der Waals surface area contributed by atoms with Gasteiger partial charge in [-0.25, -0.2) is 0 Å². The van der Waals surface area contributed by atoms with E-state index in [2.05, 4.69) is 6.08 Å². The lowest BCUT2D eigenvalue weighted by molar-refractivity contribution is -0.144. The molecule has 3 aliphatic rings. The fourth-order valence-electron chi connectivity index (χ4n) is 3.77. The van der Waals surface area contributed by atoms with Gasteiger partial charge in [0.2, 0.25) is 0 Å². The molecule has 1 aliphatic heterocycles. The highest BCUT2D eigenvalue weighted by Crippen LogP contribution is 2.60. The zero-order valence-electron chi connectivity index (χ0n) is 9.89. The monoisotopic (exact) mass is 237 g/mol. The summed E-state index contributed by atoms with van der Waals surface area (Å²) in [5.41, 5.74) is 7.15. The van der Waals surface area contributed by atoms with Crippen LogP contribution in [0.4, 0.5) is 0 Å². The van der Waals surface area contributed by atoms with Gasteiger partial charge in [0, 0.05) is 5.92 Å². The summed E-state index contributed by atoms with van der Waals surface area (Å²) in [5, 5.41) is 9.00. The number of hydrogen-bond donors (Lipinski definition) is 2. The molecule has 4 heteroatoms. The summed E-state index contributed by atoms with van der Waals surface area (Å²) in [6.45, 7) is 2.19. The van der Waals surface area contributed by atoms with E-state index in [0.29, 0.717) is 24.3 Å². The third-order valence-electron chi connectivity index (χ3n) is 4.85. The molecule has 0 radical (unpaired) electrons. The molecule has 0 aromatic carbocycles. The van der Waals surface area contributed by atoms with Crippen molar-refractivity contribution in [1.82, 2.24) is 0 Å². The van der Waals surface area contributed by atoms with Crippen molar-refractivity contribution < 1.29 is 14.6 Å². The molecule has 0 aromatic heterocycles. The highest BCUT2D eigenvalue weighted by molar-refractivity contribution is 5.68. The fourth-order valence-corrected chi connectivity index (χ4v) is 3.77. The van der Waals surface area contributed by atoms with Crippen LogP contribution in [0.2, 0.25) is 0 Å². The van der Waals surface area contributed by atoms with Crippen LogP contribution in [-0.2, 0) is 9.53 Å². The summed E-state index contributed by atoms with van der Waals surface area (Å²) in [7, 11) is 0. The van der Waals surface area contributed by atoms with E-state index in [0.717, 1.165) is 26.1 Å². The number of hydrogen-bond acceptors (Lipinski definition) is 3. The Morgan fingerprint density at radius 3 is 2.88 bits per heavy atom. The van der Waals surface area contributed by atoms with E-state index in [1.165, 1.54) is 5.57 Å². The summed E-state index contributed by atoms with van der Waals surface area (Å²) in [5.74, 6) is 0.927. The SMILES string of the molecule is NC[C@]1(CC(=O)O)C[C@H]2CC(C3COC3)=C[C@H]21. The van der Waals surface area contributed by atoms with Crippen LogP contribution in [0, 0.1) is 23.2 Å². The molecule has 1 saturated heterocycles. The van der Waals surface area contributed by atoms with E-state index >= 15 is 0 Å². The van der Waals surface area contributed by atoms with Gasteiger partial charge in [0.15, 0.2) is 0 Å². The first-order chi connectivity index (χ1) is 8.14. The lowest BCUT2D eigenvalue weighted by Gasteiger charge is -2.51. The molecule has 94 valence electrons. The van der Waals surface area contributed by atoms with Gasteiger partial charge in [-0.15, -0.1) is 0 Å². The summed E-state index contributed by atoms with van der Waals surface area (Å²) >= 11 is 0. The minimum absolute atomic E-state index is 0.164. The van der Waals surface area contributed by atoms with E-state index in [9.17, 15) is 4.79 Å². The van der Waals surface area contributed by atoms with E-state index in [1.807, 2.05) is 0 Å². The van der Waals surface area contributed by atoms with Crippen molar-refractivity contribution in [3.8, 4) is 0 Å². The highest BCUT2D eigenvalue weighted by Gasteiger charge is 2.55. The Bertz CT molecular complexity index is 375. The Labute approximate surface area is 101 Å². The Morgan fingerprint density at radius 2 is 2.35 bits per heavy atom. The first-order valence-electron chi connectivity index (χ1n) is 6.35. The van der Waals surface area contributed by atoms with Crippen LogP contribution < -0.4 is 5.73 Å². The van der Waals surface area contributed by atoms with Crippen LogP contribution in [-0.4, -0.2) is 30.8 Å². The van der Waals surface area contributed by atoms with Crippen LogP contribution in [0.5, 0.6) is 0 Å². The first-order valence-corrected chi connectivity index (χ1v) is 6.35. The maximum atomic E-state index is 10.9. The smallest absolute Gasteiger partial charge is 0.303 e. The van der Waals surface area contributed by atoms with Crippen molar-refractivity contribution in [1.29, 1.82) is 0 Å². The summed E-state index contributed by atoms with van der Waals surface area (Å²) in [6, 6.07) is 0. The third-order valence-corrected chi connectivity index (χ3v) is 4.85. The zero-order valence-corrected chi connectivity index (χ0v) is 9.89. The van der Waals surface area contributed by atoms with Crippen LogP contribution in [0.25, 0.3) is 0 Å². The van der Waals surface area contributed by atoms with Gasteiger partial charge in [0.25, 0.3) is 0 Å². The molecule has 2 aliphatic carbocycles. The van der Waals surface area contributed by atoms with E-state index in [4.69, 9.17) is 15.6 Å². The highest BCUT2D eigenvalue weighted by atomic mass is 16.5. The molecule has 0 amide bonds. The molecule has 0 aromatic rings. The van der Waals surface area contributed by atoms with Gasteiger partial charge in [-0.1, -0.05) is 11.6 Å². The van der Waals surface area contributed by atoms with Crippen molar-refractivity contribution in [2.45, 2.75) is 19.3 Å². The number of carbonyl (C=O) groups is 1. The summed E-state index contributed by atoms with van der Waals surface area (Å²) < 4.78 is 5.22. The minimum atomic E-state index is -0.720. The van der Waals surface area contributed by atoms with Gasteiger partial charge < -0.3 is 15.6 Å². The molecule has 17 heavy (non-hydrogen) atoms. The van der Waals surface area contributed by atoms with Crippen LogP contribution >= 0.6 is 0 Å². The number of fused-ring (bicyclic) bond motifs is 1. The first kappa shape index (κ1) is 11.2. The van der Waals surface area contributed by atoms with Crippen molar-refractivity contribution in [2.75, 3.05) is 19.8 Å². The van der Waals surface area contributed by atoms with Gasteiger partial charge in [-0.05, 0) is 36.6 Å². The number of aliphatic carboxylic acids is 1. The van der Waals surface area contributed by atoms with Crippen LogP contribution in [0.3, 0.4) is 0 Å². The van der Waals surface area contributed by atoms with Gasteiger partial charge >= 0.3 is 5.97 Å². The number of nitrogens with two attached hydrogens (primary N) is 1. The Balaban J connectivity index is 1.74. The number of ether oxygens (including phenoxy) is 1. The predicted molar refractivity (Wildman–Crippen MR) is 62.3 cm³/mol. The Kier molecular flexibility index (Phi) is 2.52. The van der Waals surface area contributed by atoms with Crippen molar-refractivity contribution in [3.05, 3.63) is 11.6 Å². The Morgan fingerprint density at radius 1 is 1.59 bits per heavy atom. The zero-order chi connectivity index (χ0) is 12.0. The van der Waals surface area contributed by atoms with E-state index < -0.39 is 5.97 Å². The second-order valence-electron chi connectivity index (χ2n) is 5.81. The average Bonchev–Trinajstić information content (AvgIpc) is 2.51. The molecular weight excluding hydrogens is 218 g/mol. The number of carboxylic acid groups (broad SMARTS) is 1. The maximum absolute atomic E-state index is 10.9. The standard InChI is InChI=1S/C13H19NO3/c14-7-13(4-12(15)16)3-9-1-8(2-11(9)13)10-5-17-6-10/h2,9-11H,1,3-7,14H2,(H,15,16)/t9-,11-,13-/m1/s1. The van der Waals surface area contributed by atoms with Gasteiger partial charge in [0.1, 0.15) is 0 Å². The second kappa shape index (κ2) is 3.82. The molecule has 1 heterocycles. The molecule has 0 spiro atoms. The van der Waals surface area contributed by atoms with Gasteiger partial charge in [-0.3, -0.25) is 4.79 Å². The largest absolute Gasteiger partial charge is 0.481 e. The molecule has 2 fully saturated rings. The maximum Gasteiger partial charge on any atom is 0.303 e. The van der Waals surface area contributed by atoms with Crippen LogP contribution in [0.15, 0.2) is 11.6 Å². The lowest BCUT2D eigenvalue weighted by atomic mass is 9.53. The minimum Gasteiger partial charge on any atom is -0.481 e. The number of rotatable bonds is 4. The quantitative estimate of drug-likeness (QED) is 0.716. The topological polar surface area (TPSA) is 72.6 Å². The molecule has 3 atom stereocenters. The summed E-state index contributed by atoms with van der Waals surface area (Å²) in [6.07, 6.45) is 4.65. The average molecular weight is 237 g/mol.